The van der Waals surface area contributed by atoms with E-state index < -0.39 is 0 Å². The van der Waals surface area contributed by atoms with Crippen molar-refractivity contribution in [2.75, 3.05) is 13.1 Å². The molecule has 3 nitrogen and oxygen atoms in total. The lowest BCUT2D eigenvalue weighted by atomic mass is 10.1. The molecular weight excluding hydrogens is 296 g/mol. The van der Waals surface area contributed by atoms with Crippen LogP contribution >= 0.6 is 11.6 Å². The fraction of sp³-hybridized carbons (Fsp3) is 0.278. The van der Waals surface area contributed by atoms with Crippen LogP contribution in [0.1, 0.15) is 24.1 Å². The zero-order chi connectivity index (χ0) is 15.8. The van der Waals surface area contributed by atoms with Crippen molar-refractivity contribution in [1.29, 1.82) is 0 Å². The van der Waals surface area contributed by atoms with Crippen LogP contribution < -0.4 is 10.6 Å². The molecule has 0 spiro atoms. The Balaban J connectivity index is 1.68. The molecule has 0 radical (unpaired) electrons. The average molecular weight is 317 g/mol. The third kappa shape index (κ3) is 5.51. The summed E-state index contributed by atoms with van der Waals surface area (Å²) in [6.07, 6.45) is 0.849. The van der Waals surface area contributed by atoms with Crippen LogP contribution in [-0.2, 0) is 11.2 Å². The third-order valence-electron chi connectivity index (χ3n) is 3.44. The van der Waals surface area contributed by atoms with Crippen LogP contribution in [0.15, 0.2) is 54.6 Å². The van der Waals surface area contributed by atoms with Crippen LogP contribution in [0.3, 0.4) is 0 Å². The molecule has 1 atom stereocenters. The van der Waals surface area contributed by atoms with Crippen molar-refractivity contribution in [3.05, 3.63) is 70.7 Å². The van der Waals surface area contributed by atoms with Gasteiger partial charge >= 0.3 is 0 Å². The van der Waals surface area contributed by atoms with Crippen LogP contribution in [0.4, 0.5) is 0 Å². The highest BCUT2D eigenvalue weighted by Gasteiger charge is 2.08. The van der Waals surface area contributed by atoms with E-state index >= 15 is 0 Å². The van der Waals surface area contributed by atoms with Crippen LogP contribution in [-0.4, -0.2) is 19.0 Å². The highest BCUT2D eigenvalue weighted by molar-refractivity contribution is 6.30. The van der Waals surface area contributed by atoms with Crippen molar-refractivity contribution in [2.45, 2.75) is 19.4 Å². The summed E-state index contributed by atoms with van der Waals surface area (Å²) in [4.78, 5) is 11.9. The lowest BCUT2D eigenvalue weighted by Crippen LogP contribution is -2.36. The summed E-state index contributed by atoms with van der Waals surface area (Å²) in [5, 5.41) is 6.88. The lowest BCUT2D eigenvalue weighted by molar-refractivity contribution is -0.120. The Labute approximate surface area is 136 Å². The molecule has 116 valence electrons. The second kappa shape index (κ2) is 8.57. The number of halogens is 1. The molecule has 0 heterocycles. The Morgan fingerprint density at radius 3 is 2.64 bits per heavy atom. The molecule has 0 bridgehead atoms. The summed E-state index contributed by atoms with van der Waals surface area (Å²) < 4.78 is 0. The van der Waals surface area contributed by atoms with Gasteiger partial charge in [-0.15, -0.1) is 0 Å². The van der Waals surface area contributed by atoms with Crippen LogP contribution in [0, 0.1) is 0 Å². The molecule has 0 aliphatic heterocycles. The maximum atomic E-state index is 11.9. The molecule has 2 rings (SSSR count). The van der Waals surface area contributed by atoms with Gasteiger partial charge in [0, 0.05) is 5.02 Å². The molecule has 1 amide bonds. The largest absolute Gasteiger partial charge is 0.348 e. The predicted octanol–water partition coefficient (Wildman–Crippen LogP) is 3.35. The molecule has 22 heavy (non-hydrogen) atoms. The van der Waals surface area contributed by atoms with Gasteiger partial charge in [-0.05, 0) is 43.1 Å². The smallest absolute Gasteiger partial charge is 0.234 e. The van der Waals surface area contributed by atoms with Gasteiger partial charge in [0.1, 0.15) is 0 Å². The predicted molar refractivity (Wildman–Crippen MR) is 91.0 cm³/mol. The number of rotatable bonds is 7. The highest BCUT2D eigenvalue weighted by atomic mass is 35.5. The van der Waals surface area contributed by atoms with E-state index in [0.29, 0.717) is 6.54 Å². The zero-order valence-electron chi connectivity index (χ0n) is 12.7. The Bertz CT molecular complexity index is 601. The fourth-order valence-electron chi connectivity index (χ4n) is 2.24. The van der Waals surface area contributed by atoms with Gasteiger partial charge in [-0.3, -0.25) is 4.79 Å². The first-order chi connectivity index (χ1) is 10.6. The molecule has 0 fully saturated rings. The first-order valence-corrected chi connectivity index (χ1v) is 7.82. The number of benzene rings is 2. The molecule has 0 saturated carbocycles. The van der Waals surface area contributed by atoms with Crippen LogP contribution in [0.25, 0.3) is 0 Å². The molecule has 0 saturated heterocycles. The van der Waals surface area contributed by atoms with E-state index in [0.717, 1.165) is 29.1 Å². The van der Waals surface area contributed by atoms with Crippen LogP contribution in [0.2, 0.25) is 5.02 Å². The minimum Gasteiger partial charge on any atom is -0.348 e. The van der Waals surface area contributed by atoms with E-state index in [4.69, 9.17) is 11.6 Å². The maximum absolute atomic E-state index is 11.9. The third-order valence-corrected chi connectivity index (χ3v) is 3.68. The summed E-state index contributed by atoms with van der Waals surface area (Å²) in [5.41, 5.74) is 2.27. The Kier molecular flexibility index (Phi) is 6.44. The highest BCUT2D eigenvalue weighted by Crippen LogP contribution is 2.11. The number of amides is 1. The molecule has 0 aromatic heterocycles. The molecule has 4 heteroatoms. The zero-order valence-corrected chi connectivity index (χ0v) is 13.4. The van der Waals surface area contributed by atoms with Gasteiger partial charge in [-0.2, -0.15) is 0 Å². The standard InChI is InChI=1S/C18H21ClN2O/c1-14(16-7-3-2-4-8-16)21-18(22)13-20-11-10-15-6-5-9-17(19)12-15/h2-9,12,14,20H,10-11,13H2,1H3,(H,21,22). The van der Waals surface area contributed by atoms with Crippen molar-refractivity contribution < 1.29 is 4.79 Å². The van der Waals surface area contributed by atoms with E-state index in [1.165, 1.54) is 0 Å². The first kappa shape index (κ1) is 16.5. The maximum Gasteiger partial charge on any atom is 0.234 e. The number of nitrogens with one attached hydrogen (secondary N) is 2. The summed E-state index contributed by atoms with van der Waals surface area (Å²) >= 11 is 5.94. The molecule has 2 N–H and O–H groups in total. The Morgan fingerprint density at radius 1 is 1.14 bits per heavy atom. The average Bonchev–Trinajstić information content (AvgIpc) is 2.52. The van der Waals surface area contributed by atoms with E-state index in [1.54, 1.807) is 0 Å². The summed E-state index contributed by atoms with van der Waals surface area (Å²) in [5.74, 6) is 0.00227. The van der Waals surface area contributed by atoms with E-state index in [1.807, 2.05) is 61.5 Å². The molecular formula is C18H21ClN2O. The normalized spacial score (nSPS) is 11.9. The number of hydrogen-bond donors (Lipinski definition) is 2. The topological polar surface area (TPSA) is 41.1 Å². The Hall–Kier alpha value is -1.84. The molecule has 2 aromatic rings. The van der Waals surface area contributed by atoms with Gasteiger partial charge in [-0.1, -0.05) is 54.1 Å². The van der Waals surface area contributed by atoms with Crippen molar-refractivity contribution in [3.63, 3.8) is 0 Å². The lowest BCUT2D eigenvalue weighted by Gasteiger charge is -2.14. The van der Waals surface area contributed by atoms with Gasteiger partial charge < -0.3 is 10.6 Å². The van der Waals surface area contributed by atoms with Gasteiger partial charge in [0.2, 0.25) is 5.91 Å². The second-order valence-corrected chi connectivity index (χ2v) is 5.69. The van der Waals surface area contributed by atoms with E-state index in [-0.39, 0.29) is 11.9 Å². The minimum atomic E-state index is 0.00227. The number of hydrogen-bond acceptors (Lipinski definition) is 2. The van der Waals surface area contributed by atoms with Gasteiger partial charge in [0.15, 0.2) is 0 Å². The van der Waals surface area contributed by atoms with Crippen LogP contribution in [0.5, 0.6) is 0 Å². The molecule has 0 aliphatic carbocycles. The monoisotopic (exact) mass is 316 g/mol. The molecule has 0 aliphatic rings. The molecule has 2 aromatic carbocycles. The summed E-state index contributed by atoms with van der Waals surface area (Å²) in [7, 11) is 0. The Morgan fingerprint density at radius 2 is 1.91 bits per heavy atom. The van der Waals surface area contributed by atoms with Crippen molar-refractivity contribution >= 4 is 17.5 Å². The van der Waals surface area contributed by atoms with E-state index in [2.05, 4.69) is 10.6 Å². The summed E-state index contributed by atoms with van der Waals surface area (Å²) in [6, 6.07) is 17.7. The molecule has 1 unspecified atom stereocenters. The van der Waals surface area contributed by atoms with Gasteiger partial charge in [0.05, 0.1) is 12.6 Å². The minimum absolute atomic E-state index is 0.00227. The SMILES string of the molecule is CC(NC(=O)CNCCc1cccc(Cl)c1)c1ccccc1. The van der Waals surface area contributed by atoms with Gasteiger partial charge in [0.25, 0.3) is 0 Å². The number of carbonyl (C=O) groups excluding carboxylic acids is 1. The first-order valence-electron chi connectivity index (χ1n) is 7.44. The van der Waals surface area contributed by atoms with E-state index in [9.17, 15) is 4.79 Å². The number of carbonyl (C=O) groups is 1. The van der Waals surface area contributed by atoms with Crippen molar-refractivity contribution in [3.8, 4) is 0 Å². The fourth-order valence-corrected chi connectivity index (χ4v) is 2.46. The van der Waals surface area contributed by atoms with Gasteiger partial charge in [-0.25, -0.2) is 0 Å². The van der Waals surface area contributed by atoms with Crippen molar-refractivity contribution in [2.24, 2.45) is 0 Å². The van der Waals surface area contributed by atoms with Crippen molar-refractivity contribution in [1.82, 2.24) is 10.6 Å². The summed E-state index contributed by atoms with van der Waals surface area (Å²) in [6.45, 7) is 3.05. The second-order valence-electron chi connectivity index (χ2n) is 5.26. The quantitative estimate of drug-likeness (QED) is 0.769.